The SMILES string of the molecule is CCCCOc1ccc(C2CCC3CC(C4CCC(C)CC4)CCC3C2)cc1. The van der Waals surface area contributed by atoms with E-state index in [4.69, 9.17) is 4.74 Å². The maximum absolute atomic E-state index is 5.85. The van der Waals surface area contributed by atoms with Crippen LogP contribution in [0.4, 0.5) is 0 Å². The molecule has 4 unspecified atom stereocenters. The molecular weight excluding hydrogens is 340 g/mol. The maximum atomic E-state index is 5.85. The number of fused-ring (bicyclic) bond motifs is 1. The second-order valence-electron chi connectivity index (χ2n) is 10.4. The van der Waals surface area contributed by atoms with Gasteiger partial charge in [-0.25, -0.2) is 0 Å². The second kappa shape index (κ2) is 9.68. The van der Waals surface area contributed by atoms with Crippen LogP contribution in [0.15, 0.2) is 24.3 Å². The first-order valence-electron chi connectivity index (χ1n) is 12.5. The molecule has 3 aliphatic rings. The molecule has 3 fully saturated rings. The molecular formula is C27H42O. The molecule has 0 radical (unpaired) electrons. The van der Waals surface area contributed by atoms with E-state index in [-0.39, 0.29) is 0 Å². The van der Waals surface area contributed by atoms with Crippen molar-refractivity contribution in [2.45, 2.75) is 96.8 Å². The first kappa shape index (κ1) is 20.3. The van der Waals surface area contributed by atoms with Crippen LogP contribution >= 0.6 is 0 Å². The molecule has 3 saturated carbocycles. The van der Waals surface area contributed by atoms with Crippen molar-refractivity contribution in [1.82, 2.24) is 0 Å². The van der Waals surface area contributed by atoms with Gasteiger partial charge in [0, 0.05) is 0 Å². The van der Waals surface area contributed by atoms with Crippen LogP contribution in [0.2, 0.25) is 0 Å². The molecule has 0 aliphatic heterocycles. The summed E-state index contributed by atoms with van der Waals surface area (Å²) < 4.78 is 5.85. The van der Waals surface area contributed by atoms with E-state index in [0.29, 0.717) is 0 Å². The highest BCUT2D eigenvalue weighted by Gasteiger charge is 2.38. The molecule has 0 amide bonds. The van der Waals surface area contributed by atoms with Gasteiger partial charge in [-0.05, 0) is 111 Å². The van der Waals surface area contributed by atoms with Gasteiger partial charge in [0.05, 0.1) is 6.61 Å². The number of hydrogen-bond acceptors (Lipinski definition) is 1. The van der Waals surface area contributed by atoms with Crippen LogP contribution < -0.4 is 4.74 Å². The zero-order valence-corrected chi connectivity index (χ0v) is 18.4. The van der Waals surface area contributed by atoms with Gasteiger partial charge in [-0.15, -0.1) is 0 Å². The topological polar surface area (TPSA) is 9.23 Å². The second-order valence-corrected chi connectivity index (χ2v) is 10.4. The Bertz CT molecular complexity index is 583. The van der Waals surface area contributed by atoms with E-state index in [9.17, 15) is 0 Å². The number of unbranched alkanes of at least 4 members (excludes halogenated alkanes) is 1. The Balaban J connectivity index is 1.28. The number of rotatable bonds is 6. The van der Waals surface area contributed by atoms with E-state index < -0.39 is 0 Å². The smallest absolute Gasteiger partial charge is 0.119 e. The average Bonchev–Trinajstić information content (AvgIpc) is 2.74. The summed E-state index contributed by atoms with van der Waals surface area (Å²) in [5.74, 6) is 6.99. The van der Waals surface area contributed by atoms with E-state index in [2.05, 4.69) is 38.1 Å². The lowest BCUT2D eigenvalue weighted by atomic mass is 9.60. The standard InChI is InChI=1S/C27H42O/c1-3-4-17-28-27-15-13-22(14-16-27)24-10-12-25-18-23(9-11-26(25)19-24)21-7-5-20(2)6-8-21/h13-16,20-21,23-26H,3-12,17-19H2,1-2H3. The van der Waals surface area contributed by atoms with Crippen molar-refractivity contribution in [2.24, 2.45) is 29.6 Å². The Morgan fingerprint density at radius 3 is 2.07 bits per heavy atom. The van der Waals surface area contributed by atoms with Crippen molar-refractivity contribution in [3.8, 4) is 5.75 Å². The molecule has 1 heteroatoms. The van der Waals surface area contributed by atoms with Crippen LogP contribution in [0.25, 0.3) is 0 Å². The first-order valence-corrected chi connectivity index (χ1v) is 12.5. The number of benzene rings is 1. The third-order valence-corrected chi connectivity index (χ3v) is 8.50. The number of ether oxygens (including phenoxy) is 1. The Kier molecular flexibility index (Phi) is 7.02. The van der Waals surface area contributed by atoms with Gasteiger partial charge < -0.3 is 4.74 Å². The van der Waals surface area contributed by atoms with E-state index in [0.717, 1.165) is 54.3 Å². The predicted molar refractivity (Wildman–Crippen MR) is 119 cm³/mol. The zero-order chi connectivity index (χ0) is 19.3. The van der Waals surface area contributed by atoms with Crippen molar-refractivity contribution in [3.05, 3.63) is 29.8 Å². The summed E-state index contributed by atoms with van der Waals surface area (Å²) in [4.78, 5) is 0. The minimum atomic E-state index is 0.790. The third kappa shape index (κ3) is 4.95. The van der Waals surface area contributed by atoms with Gasteiger partial charge in [-0.1, -0.05) is 45.2 Å². The zero-order valence-electron chi connectivity index (χ0n) is 18.4. The molecule has 4 atom stereocenters. The summed E-state index contributed by atoms with van der Waals surface area (Å²) in [5.41, 5.74) is 1.56. The Labute approximate surface area is 173 Å². The highest BCUT2D eigenvalue weighted by molar-refractivity contribution is 5.30. The van der Waals surface area contributed by atoms with Crippen LogP contribution in [0.1, 0.15) is 102 Å². The van der Waals surface area contributed by atoms with Gasteiger partial charge in [0.2, 0.25) is 0 Å². The molecule has 1 aromatic carbocycles. The number of hydrogen-bond donors (Lipinski definition) is 0. The summed E-state index contributed by atoms with van der Waals surface area (Å²) in [6.45, 7) is 5.52. The molecule has 0 saturated heterocycles. The minimum Gasteiger partial charge on any atom is -0.494 e. The fourth-order valence-corrected chi connectivity index (χ4v) is 6.58. The average molecular weight is 383 g/mol. The minimum absolute atomic E-state index is 0.790. The van der Waals surface area contributed by atoms with Crippen molar-refractivity contribution in [3.63, 3.8) is 0 Å². The Hall–Kier alpha value is -0.980. The monoisotopic (exact) mass is 382 g/mol. The largest absolute Gasteiger partial charge is 0.494 e. The molecule has 0 spiro atoms. The molecule has 0 N–H and O–H groups in total. The molecule has 3 aliphatic carbocycles. The normalized spacial score (nSPS) is 35.9. The fraction of sp³-hybridized carbons (Fsp3) is 0.778. The van der Waals surface area contributed by atoms with E-state index in [1.807, 2.05) is 0 Å². The maximum Gasteiger partial charge on any atom is 0.119 e. The molecule has 0 heterocycles. The molecule has 1 aromatic rings. The lowest BCUT2D eigenvalue weighted by molar-refractivity contribution is 0.0732. The molecule has 4 rings (SSSR count). The molecule has 156 valence electrons. The summed E-state index contributed by atoms with van der Waals surface area (Å²) >= 11 is 0. The molecule has 28 heavy (non-hydrogen) atoms. The van der Waals surface area contributed by atoms with Crippen molar-refractivity contribution >= 4 is 0 Å². The van der Waals surface area contributed by atoms with E-state index in [1.165, 1.54) is 64.2 Å². The summed E-state index contributed by atoms with van der Waals surface area (Å²) in [5, 5.41) is 0. The lowest BCUT2D eigenvalue weighted by Gasteiger charge is -2.45. The quantitative estimate of drug-likeness (QED) is 0.453. The summed E-state index contributed by atoms with van der Waals surface area (Å²) in [6, 6.07) is 9.11. The van der Waals surface area contributed by atoms with E-state index in [1.54, 1.807) is 12.0 Å². The highest BCUT2D eigenvalue weighted by atomic mass is 16.5. The van der Waals surface area contributed by atoms with Gasteiger partial charge in [-0.3, -0.25) is 0 Å². The van der Waals surface area contributed by atoms with Crippen LogP contribution in [0.3, 0.4) is 0 Å². The van der Waals surface area contributed by atoms with Crippen LogP contribution in [0.5, 0.6) is 5.75 Å². The van der Waals surface area contributed by atoms with Crippen molar-refractivity contribution in [1.29, 1.82) is 0 Å². The Morgan fingerprint density at radius 2 is 1.36 bits per heavy atom. The van der Waals surface area contributed by atoms with Gasteiger partial charge in [0.25, 0.3) is 0 Å². The molecule has 1 nitrogen and oxygen atoms in total. The van der Waals surface area contributed by atoms with Gasteiger partial charge in [0.1, 0.15) is 5.75 Å². The van der Waals surface area contributed by atoms with Crippen molar-refractivity contribution < 1.29 is 4.74 Å². The van der Waals surface area contributed by atoms with Crippen molar-refractivity contribution in [2.75, 3.05) is 6.61 Å². The highest BCUT2D eigenvalue weighted by Crippen LogP contribution is 2.50. The van der Waals surface area contributed by atoms with Crippen LogP contribution in [-0.4, -0.2) is 6.61 Å². The van der Waals surface area contributed by atoms with Gasteiger partial charge in [0.15, 0.2) is 0 Å². The summed E-state index contributed by atoms with van der Waals surface area (Å²) in [6.07, 6.45) is 17.3. The predicted octanol–water partition coefficient (Wildman–Crippen LogP) is 7.99. The molecule has 0 aromatic heterocycles. The summed E-state index contributed by atoms with van der Waals surface area (Å²) in [7, 11) is 0. The first-order chi connectivity index (χ1) is 13.7. The lowest BCUT2D eigenvalue weighted by Crippen LogP contribution is -2.34. The van der Waals surface area contributed by atoms with Crippen LogP contribution in [-0.2, 0) is 0 Å². The molecule has 0 bridgehead atoms. The van der Waals surface area contributed by atoms with E-state index >= 15 is 0 Å². The van der Waals surface area contributed by atoms with Gasteiger partial charge in [-0.2, -0.15) is 0 Å². The fourth-order valence-electron chi connectivity index (χ4n) is 6.58. The third-order valence-electron chi connectivity index (χ3n) is 8.50. The Morgan fingerprint density at radius 1 is 0.750 bits per heavy atom. The van der Waals surface area contributed by atoms with Gasteiger partial charge >= 0.3 is 0 Å². The van der Waals surface area contributed by atoms with Crippen LogP contribution in [0, 0.1) is 29.6 Å².